The molecular formula is C10H17NO4. The number of hydrogen-bond acceptors (Lipinski definition) is 3. The highest BCUT2D eigenvalue weighted by Gasteiger charge is 2.12. The van der Waals surface area contributed by atoms with Gasteiger partial charge < -0.3 is 15.5 Å². The van der Waals surface area contributed by atoms with Gasteiger partial charge in [-0.15, -0.1) is 0 Å². The molecule has 0 aliphatic carbocycles. The van der Waals surface area contributed by atoms with Crippen molar-refractivity contribution in [1.29, 1.82) is 0 Å². The Kier molecular flexibility index (Phi) is 5.62. The molecule has 5 nitrogen and oxygen atoms in total. The van der Waals surface area contributed by atoms with Crippen LogP contribution in [0.25, 0.3) is 0 Å². The summed E-state index contributed by atoms with van der Waals surface area (Å²) in [4.78, 5) is 21.2. The molecule has 0 rings (SSSR count). The zero-order chi connectivity index (χ0) is 11.9. The molecular weight excluding hydrogens is 198 g/mol. The summed E-state index contributed by atoms with van der Waals surface area (Å²) in [7, 11) is 0. The van der Waals surface area contributed by atoms with E-state index in [1.54, 1.807) is 13.8 Å². The number of hydrogen-bond donors (Lipinski definition) is 3. The van der Waals surface area contributed by atoms with Gasteiger partial charge in [0.25, 0.3) is 0 Å². The highest BCUT2D eigenvalue weighted by atomic mass is 16.4. The van der Waals surface area contributed by atoms with Crippen molar-refractivity contribution >= 4 is 11.9 Å². The molecule has 0 aliphatic heterocycles. The number of allylic oxidation sites excluding steroid dienone is 1. The molecule has 0 heterocycles. The molecule has 5 heteroatoms. The van der Waals surface area contributed by atoms with Crippen molar-refractivity contribution < 1.29 is 19.8 Å². The molecule has 0 unspecified atom stereocenters. The topological polar surface area (TPSA) is 86.6 Å². The molecule has 0 spiro atoms. The quantitative estimate of drug-likeness (QED) is 0.556. The van der Waals surface area contributed by atoms with Crippen LogP contribution in [-0.2, 0) is 9.59 Å². The maximum atomic E-state index is 11.1. The fourth-order valence-corrected chi connectivity index (χ4v) is 0.760. The summed E-state index contributed by atoms with van der Waals surface area (Å²) in [5.41, 5.74) is -0.940. The summed E-state index contributed by atoms with van der Waals surface area (Å²) in [6.45, 7) is 3.33. The van der Waals surface area contributed by atoms with E-state index in [1.165, 1.54) is 12.2 Å². The lowest BCUT2D eigenvalue weighted by Crippen LogP contribution is -2.37. The molecule has 0 saturated carbocycles. The zero-order valence-electron chi connectivity index (χ0n) is 8.99. The van der Waals surface area contributed by atoms with Crippen molar-refractivity contribution in [3.05, 3.63) is 12.2 Å². The van der Waals surface area contributed by atoms with Gasteiger partial charge in [-0.3, -0.25) is 9.59 Å². The van der Waals surface area contributed by atoms with Crippen molar-refractivity contribution in [2.75, 3.05) is 6.54 Å². The Morgan fingerprint density at radius 3 is 2.47 bits per heavy atom. The first-order valence-electron chi connectivity index (χ1n) is 4.70. The standard InChI is InChI=1S/C10H17NO4/c1-10(2,15)7-11-8(12)5-3-4-6-9(13)14/h3,5,15H,4,6-7H2,1-2H3,(H,11,12)(H,13,14)/b5-3+. The Labute approximate surface area is 88.8 Å². The minimum absolute atomic E-state index is 0.00920. The number of nitrogens with one attached hydrogen (secondary N) is 1. The van der Waals surface area contributed by atoms with Crippen molar-refractivity contribution in [3.63, 3.8) is 0 Å². The van der Waals surface area contributed by atoms with Gasteiger partial charge in [-0.25, -0.2) is 0 Å². The van der Waals surface area contributed by atoms with Gasteiger partial charge >= 0.3 is 5.97 Å². The average Bonchev–Trinajstić information content (AvgIpc) is 2.07. The Morgan fingerprint density at radius 1 is 1.40 bits per heavy atom. The van der Waals surface area contributed by atoms with Crippen LogP contribution in [0.1, 0.15) is 26.7 Å². The van der Waals surface area contributed by atoms with Gasteiger partial charge in [-0.2, -0.15) is 0 Å². The van der Waals surface area contributed by atoms with Gasteiger partial charge in [0.1, 0.15) is 0 Å². The number of aliphatic carboxylic acids is 1. The number of carboxylic acid groups (broad SMARTS) is 1. The van der Waals surface area contributed by atoms with Crippen LogP contribution in [0.5, 0.6) is 0 Å². The smallest absolute Gasteiger partial charge is 0.303 e. The first-order valence-corrected chi connectivity index (χ1v) is 4.70. The van der Waals surface area contributed by atoms with Gasteiger partial charge in [0.05, 0.1) is 5.60 Å². The molecule has 0 fully saturated rings. The first-order chi connectivity index (χ1) is 6.81. The molecule has 0 aromatic heterocycles. The maximum absolute atomic E-state index is 11.1. The normalized spacial score (nSPS) is 11.7. The molecule has 0 aromatic carbocycles. The van der Waals surface area contributed by atoms with Crippen LogP contribution >= 0.6 is 0 Å². The molecule has 3 N–H and O–H groups in total. The second kappa shape index (κ2) is 6.19. The zero-order valence-corrected chi connectivity index (χ0v) is 8.99. The Bertz CT molecular complexity index is 253. The summed E-state index contributed by atoms with van der Waals surface area (Å²) in [6, 6.07) is 0. The third-order valence-corrected chi connectivity index (χ3v) is 1.49. The van der Waals surface area contributed by atoms with Crippen molar-refractivity contribution in [3.8, 4) is 0 Å². The number of rotatable bonds is 6. The lowest BCUT2D eigenvalue weighted by Gasteiger charge is -2.16. The third kappa shape index (κ3) is 10.6. The van der Waals surface area contributed by atoms with Crippen LogP contribution in [0, 0.1) is 0 Å². The monoisotopic (exact) mass is 215 g/mol. The van der Waals surface area contributed by atoms with E-state index in [9.17, 15) is 14.7 Å². The van der Waals surface area contributed by atoms with Gasteiger partial charge in [-0.1, -0.05) is 6.08 Å². The minimum atomic E-state index is -0.940. The van der Waals surface area contributed by atoms with E-state index in [0.717, 1.165) is 0 Å². The van der Waals surface area contributed by atoms with Gasteiger partial charge in [0.15, 0.2) is 0 Å². The summed E-state index contributed by atoms with van der Waals surface area (Å²) < 4.78 is 0. The number of carbonyl (C=O) groups excluding carboxylic acids is 1. The number of carboxylic acids is 1. The van der Waals surface area contributed by atoms with E-state index in [0.29, 0.717) is 6.42 Å². The fraction of sp³-hybridized carbons (Fsp3) is 0.600. The third-order valence-electron chi connectivity index (χ3n) is 1.49. The van der Waals surface area contributed by atoms with Crippen LogP contribution in [-0.4, -0.2) is 34.2 Å². The van der Waals surface area contributed by atoms with Crippen molar-refractivity contribution in [2.24, 2.45) is 0 Å². The van der Waals surface area contributed by atoms with E-state index in [-0.39, 0.29) is 18.9 Å². The summed E-state index contributed by atoms with van der Waals surface area (Å²) >= 11 is 0. The summed E-state index contributed by atoms with van der Waals surface area (Å²) in [5, 5.41) is 20.1. The predicted octanol–water partition coefficient (Wildman–Crippen LogP) is 0.295. The molecule has 15 heavy (non-hydrogen) atoms. The molecule has 0 radical (unpaired) electrons. The van der Waals surface area contributed by atoms with Crippen molar-refractivity contribution in [1.82, 2.24) is 5.32 Å². The molecule has 1 amide bonds. The second-order valence-corrected chi connectivity index (χ2v) is 3.87. The second-order valence-electron chi connectivity index (χ2n) is 3.87. The SMILES string of the molecule is CC(C)(O)CNC(=O)/C=C/CCC(=O)O. The number of aliphatic hydroxyl groups is 1. The maximum Gasteiger partial charge on any atom is 0.303 e. The first kappa shape index (κ1) is 13.6. The molecule has 0 aliphatic rings. The largest absolute Gasteiger partial charge is 0.481 e. The van der Waals surface area contributed by atoms with Crippen LogP contribution in [0.2, 0.25) is 0 Å². The molecule has 0 bridgehead atoms. The Hall–Kier alpha value is -1.36. The van der Waals surface area contributed by atoms with E-state index in [4.69, 9.17) is 5.11 Å². The minimum Gasteiger partial charge on any atom is -0.481 e. The van der Waals surface area contributed by atoms with Gasteiger partial charge in [0.2, 0.25) is 5.91 Å². The Balaban J connectivity index is 3.70. The van der Waals surface area contributed by atoms with E-state index >= 15 is 0 Å². The van der Waals surface area contributed by atoms with Crippen LogP contribution in [0.4, 0.5) is 0 Å². The van der Waals surface area contributed by atoms with E-state index in [2.05, 4.69) is 5.32 Å². The van der Waals surface area contributed by atoms with E-state index in [1.807, 2.05) is 0 Å². The average molecular weight is 215 g/mol. The van der Waals surface area contributed by atoms with Crippen LogP contribution in [0.3, 0.4) is 0 Å². The molecule has 0 aromatic rings. The van der Waals surface area contributed by atoms with Crippen LogP contribution < -0.4 is 5.32 Å². The lowest BCUT2D eigenvalue weighted by atomic mass is 10.1. The molecule has 0 saturated heterocycles. The number of amides is 1. The predicted molar refractivity (Wildman–Crippen MR) is 55.3 cm³/mol. The van der Waals surface area contributed by atoms with Crippen LogP contribution in [0.15, 0.2) is 12.2 Å². The summed E-state index contributed by atoms with van der Waals surface area (Å²) in [6.07, 6.45) is 3.10. The van der Waals surface area contributed by atoms with Crippen molar-refractivity contribution in [2.45, 2.75) is 32.3 Å². The molecule has 86 valence electrons. The highest BCUT2D eigenvalue weighted by Crippen LogP contribution is 1.97. The highest BCUT2D eigenvalue weighted by molar-refractivity contribution is 5.87. The summed E-state index contributed by atoms with van der Waals surface area (Å²) in [5.74, 6) is -1.22. The lowest BCUT2D eigenvalue weighted by molar-refractivity contribution is -0.136. The van der Waals surface area contributed by atoms with E-state index < -0.39 is 11.6 Å². The molecule has 0 atom stereocenters. The fourth-order valence-electron chi connectivity index (χ4n) is 0.760. The van der Waals surface area contributed by atoms with Gasteiger partial charge in [0, 0.05) is 13.0 Å². The van der Waals surface area contributed by atoms with Gasteiger partial charge in [-0.05, 0) is 26.3 Å². The Morgan fingerprint density at radius 2 is 2.00 bits per heavy atom. The number of carbonyl (C=O) groups is 2.